The number of hydrogen-bond acceptors (Lipinski definition) is 2. The third-order valence-electron chi connectivity index (χ3n) is 3.51. The maximum atomic E-state index is 6.28. The molecule has 0 aliphatic rings. The number of benzene rings is 1. The molecule has 2 N–H and O–H groups in total. The molecule has 1 aromatic carbocycles. The van der Waals surface area contributed by atoms with Gasteiger partial charge in [0.2, 0.25) is 0 Å². The predicted molar refractivity (Wildman–Crippen MR) is 75.5 cm³/mol. The van der Waals surface area contributed by atoms with Crippen molar-refractivity contribution in [1.82, 2.24) is 4.98 Å². The lowest BCUT2D eigenvalue weighted by Gasteiger charge is -2.15. The van der Waals surface area contributed by atoms with Crippen LogP contribution in [0.1, 0.15) is 33.9 Å². The van der Waals surface area contributed by atoms with Gasteiger partial charge in [-0.3, -0.25) is 4.98 Å². The molecule has 0 bridgehead atoms. The van der Waals surface area contributed by atoms with E-state index in [2.05, 4.69) is 44.0 Å². The third-order valence-corrected chi connectivity index (χ3v) is 3.51. The summed E-state index contributed by atoms with van der Waals surface area (Å²) in [6.45, 7) is 6.35. The van der Waals surface area contributed by atoms with Gasteiger partial charge in [-0.05, 0) is 61.1 Å². The van der Waals surface area contributed by atoms with Crippen molar-refractivity contribution < 1.29 is 0 Å². The number of aromatic nitrogens is 1. The van der Waals surface area contributed by atoms with Gasteiger partial charge in [-0.15, -0.1) is 0 Å². The van der Waals surface area contributed by atoms with E-state index in [9.17, 15) is 0 Å². The fourth-order valence-corrected chi connectivity index (χ4v) is 2.16. The molecule has 1 atom stereocenters. The minimum Gasteiger partial charge on any atom is -0.324 e. The van der Waals surface area contributed by atoms with Gasteiger partial charge in [-0.25, -0.2) is 0 Å². The maximum absolute atomic E-state index is 6.28. The van der Waals surface area contributed by atoms with Crippen LogP contribution in [0, 0.1) is 20.8 Å². The standard InChI is InChI=1S/C16H20N2/c1-11-4-5-14(8-13(11)3)9-16(17)15-10-18-7-6-12(15)2/h4-8,10,16H,9,17H2,1-3H3. The van der Waals surface area contributed by atoms with Gasteiger partial charge >= 0.3 is 0 Å². The molecule has 0 saturated carbocycles. The Labute approximate surface area is 109 Å². The van der Waals surface area contributed by atoms with E-state index in [4.69, 9.17) is 5.73 Å². The van der Waals surface area contributed by atoms with Crippen LogP contribution in [-0.4, -0.2) is 4.98 Å². The second kappa shape index (κ2) is 5.32. The predicted octanol–water partition coefficient (Wildman–Crippen LogP) is 3.25. The van der Waals surface area contributed by atoms with Gasteiger partial charge in [0.15, 0.2) is 0 Å². The Morgan fingerprint density at radius 3 is 2.50 bits per heavy atom. The molecule has 2 rings (SSSR count). The molecule has 0 fully saturated rings. The van der Waals surface area contributed by atoms with Crippen LogP contribution in [0.2, 0.25) is 0 Å². The molecular formula is C16H20N2. The van der Waals surface area contributed by atoms with E-state index in [1.807, 2.05) is 18.5 Å². The van der Waals surface area contributed by atoms with Crippen LogP contribution in [0.5, 0.6) is 0 Å². The first-order chi connectivity index (χ1) is 8.58. The topological polar surface area (TPSA) is 38.9 Å². The molecule has 18 heavy (non-hydrogen) atoms. The summed E-state index contributed by atoms with van der Waals surface area (Å²) >= 11 is 0. The molecule has 2 heteroatoms. The summed E-state index contributed by atoms with van der Waals surface area (Å²) < 4.78 is 0. The number of nitrogens with zero attached hydrogens (tertiary/aromatic N) is 1. The lowest BCUT2D eigenvalue weighted by atomic mass is 9.96. The Morgan fingerprint density at radius 2 is 1.83 bits per heavy atom. The quantitative estimate of drug-likeness (QED) is 0.894. The summed E-state index contributed by atoms with van der Waals surface area (Å²) in [4.78, 5) is 4.16. The Hall–Kier alpha value is -1.67. The number of hydrogen-bond donors (Lipinski definition) is 1. The highest BCUT2D eigenvalue weighted by molar-refractivity contribution is 5.32. The fraction of sp³-hybridized carbons (Fsp3) is 0.312. The Kier molecular flexibility index (Phi) is 3.78. The highest BCUT2D eigenvalue weighted by atomic mass is 14.7. The smallest absolute Gasteiger partial charge is 0.0353 e. The van der Waals surface area contributed by atoms with Crippen molar-refractivity contribution in [2.24, 2.45) is 5.73 Å². The number of aryl methyl sites for hydroxylation is 3. The minimum atomic E-state index is 0.0146. The van der Waals surface area contributed by atoms with Gasteiger partial charge in [0.05, 0.1) is 0 Å². The lowest BCUT2D eigenvalue weighted by Crippen LogP contribution is -2.15. The second-order valence-electron chi connectivity index (χ2n) is 4.96. The van der Waals surface area contributed by atoms with Crippen LogP contribution < -0.4 is 5.73 Å². The molecule has 2 aromatic rings. The highest BCUT2D eigenvalue weighted by Crippen LogP contribution is 2.20. The first-order valence-electron chi connectivity index (χ1n) is 6.30. The Balaban J connectivity index is 2.19. The third kappa shape index (κ3) is 2.77. The van der Waals surface area contributed by atoms with E-state index in [0.717, 1.165) is 12.0 Å². The van der Waals surface area contributed by atoms with Crippen LogP contribution in [0.3, 0.4) is 0 Å². The number of rotatable bonds is 3. The van der Waals surface area contributed by atoms with E-state index in [1.54, 1.807) is 0 Å². The highest BCUT2D eigenvalue weighted by Gasteiger charge is 2.10. The average molecular weight is 240 g/mol. The summed E-state index contributed by atoms with van der Waals surface area (Å²) in [7, 11) is 0. The normalized spacial score (nSPS) is 12.4. The molecular weight excluding hydrogens is 220 g/mol. The lowest BCUT2D eigenvalue weighted by molar-refractivity contribution is 0.712. The molecule has 0 saturated heterocycles. The van der Waals surface area contributed by atoms with Crippen LogP contribution in [0.4, 0.5) is 0 Å². The SMILES string of the molecule is Cc1ccc(CC(N)c2cnccc2C)cc1C. The van der Waals surface area contributed by atoms with Crippen molar-refractivity contribution in [2.45, 2.75) is 33.2 Å². The first kappa shape index (κ1) is 12.8. The van der Waals surface area contributed by atoms with E-state index >= 15 is 0 Å². The summed E-state index contributed by atoms with van der Waals surface area (Å²) in [6.07, 6.45) is 4.54. The van der Waals surface area contributed by atoms with Gasteiger partial charge in [0, 0.05) is 18.4 Å². The molecule has 1 aromatic heterocycles. The maximum Gasteiger partial charge on any atom is 0.0353 e. The average Bonchev–Trinajstić information content (AvgIpc) is 2.34. The number of pyridine rings is 1. The molecule has 0 aliphatic heterocycles. The fourth-order valence-electron chi connectivity index (χ4n) is 2.16. The molecule has 1 heterocycles. The number of nitrogens with two attached hydrogens (primary N) is 1. The van der Waals surface area contributed by atoms with Gasteiger partial charge in [-0.2, -0.15) is 0 Å². The van der Waals surface area contributed by atoms with Crippen LogP contribution in [-0.2, 0) is 6.42 Å². The van der Waals surface area contributed by atoms with Gasteiger partial charge in [-0.1, -0.05) is 18.2 Å². The minimum absolute atomic E-state index is 0.0146. The van der Waals surface area contributed by atoms with Crippen LogP contribution >= 0.6 is 0 Å². The van der Waals surface area contributed by atoms with Crippen molar-refractivity contribution in [3.63, 3.8) is 0 Å². The Bertz CT molecular complexity index is 547. The van der Waals surface area contributed by atoms with Crippen molar-refractivity contribution in [1.29, 1.82) is 0 Å². The van der Waals surface area contributed by atoms with Crippen LogP contribution in [0.25, 0.3) is 0 Å². The van der Waals surface area contributed by atoms with Crippen LogP contribution in [0.15, 0.2) is 36.7 Å². The molecule has 1 unspecified atom stereocenters. The van der Waals surface area contributed by atoms with E-state index in [0.29, 0.717) is 0 Å². The molecule has 0 spiro atoms. The molecule has 0 radical (unpaired) electrons. The molecule has 94 valence electrons. The molecule has 0 amide bonds. The second-order valence-corrected chi connectivity index (χ2v) is 4.96. The summed E-state index contributed by atoms with van der Waals surface area (Å²) in [6, 6.07) is 8.57. The summed E-state index contributed by atoms with van der Waals surface area (Å²) in [5, 5.41) is 0. The largest absolute Gasteiger partial charge is 0.324 e. The van der Waals surface area contributed by atoms with Gasteiger partial charge in [0.1, 0.15) is 0 Å². The summed E-state index contributed by atoms with van der Waals surface area (Å²) in [5.41, 5.74) is 12.6. The van der Waals surface area contributed by atoms with Crippen molar-refractivity contribution in [2.75, 3.05) is 0 Å². The van der Waals surface area contributed by atoms with Gasteiger partial charge in [0.25, 0.3) is 0 Å². The first-order valence-corrected chi connectivity index (χ1v) is 6.30. The van der Waals surface area contributed by atoms with Crippen molar-refractivity contribution >= 4 is 0 Å². The van der Waals surface area contributed by atoms with Gasteiger partial charge < -0.3 is 5.73 Å². The zero-order valence-corrected chi connectivity index (χ0v) is 11.3. The van der Waals surface area contributed by atoms with Crippen molar-refractivity contribution in [3.8, 4) is 0 Å². The summed E-state index contributed by atoms with van der Waals surface area (Å²) in [5.74, 6) is 0. The van der Waals surface area contributed by atoms with E-state index < -0.39 is 0 Å². The van der Waals surface area contributed by atoms with E-state index in [-0.39, 0.29) is 6.04 Å². The zero-order chi connectivity index (χ0) is 13.1. The van der Waals surface area contributed by atoms with Crippen molar-refractivity contribution in [3.05, 3.63) is 64.5 Å². The monoisotopic (exact) mass is 240 g/mol. The Morgan fingerprint density at radius 1 is 1.06 bits per heavy atom. The molecule has 0 aliphatic carbocycles. The van der Waals surface area contributed by atoms with E-state index in [1.165, 1.54) is 22.3 Å². The molecule has 2 nitrogen and oxygen atoms in total. The zero-order valence-electron chi connectivity index (χ0n) is 11.3.